The Morgan fingerprint density at radius 3 is 1.69 bits per heavy atom. The summed E-state index contributed by atoms with van der Waals surface area (Å²) in [5, 5.41) is 0. The molecule has 3 rings (SSSR count). The molecule has 0 N–H and O–H groups in total. The maximum Gasteiger partial charge on any atom is 0.330 e. The number of allylic oxidation sites excluding steroid dienone is 1. The molecular formula is C26H26O2S. The molecule has 0 radical (unpaired) electrons. The summed E-state index contributed by atoms with van der Waals surface area (Å²) >= 11 is 1.89. The van der Waals surface area contributed by atoms with Crippen molar-refractivity contribution in [2.75, 3.05) is 12.4 Å². The van der Waals surface area contributed by atoms with Gasteiger partial charge in [-0.05, 0) is 35.8 Å². The number of benzene rings is 3. The van der Waals surface area contributed by atoms with Crippen LogP contribution in [0.1, 0.15) is 30.0 Å². The Morgan fingerprint density at radius 2 is 1.28 bits per heavy atom. The van der Waals surface area contributed by atoms with Crippen molar-refractivity contribution in [3.05, 3.63) is 120 Å². The van der Waals surface area contributed by atoms with Crippen molar-refractivity contribution in [3.63, 3.8) is 0 Å². The SMILES string of the molecule is CCOC(=O)/C=C\CCSC(c1ccccc1)(c1ccccc1)c1ccccc1. The average molecular weight is 403 g/mol. The molecule has 0 heterocycles. The number of esters is 1. The highest BCUT2D eigenvalue weighted by molar-refractivity contribution is 8.00. The molecule has 0 unspecified atom stereocenters. The third-order valence-corrected chi connectivity index (χ3v) is 6.26. The van der Waals surface area contributed by atoms with Gasteiger partial charge in [-0.15, -0.1) is 11.8 Å². The van der Waals surface area contributed by atoms with Gasteiger partial charge in [-0.25, -0.2) is 4.79 Å². The molecule has 0 fully saturated rings. The topological polar surface area (TPSA) is 26.3 Å². The third kappa shape index (κ3) is 5.18. The number of hydrogen-bond acceptors (Lipinski definition) is 3. The molecule has 0 aliphatic heterocycles. The highest BCUT2D eigenvalue weighted by Gasteiger charge is 2.36. The first-order valence-corrected chi connectivity index (χ1v) is 10.9. The fourth-order valence-electron chi connectivity index (χ4n) is 3.42. The van der Waals surface area contributed by atoms with E-state index in [0.29, 0.717) is 6.61 Å². The monoisotopic (exact) mass is 402 g/mol. The molecule has 0 aliphatic rings. The van der Waals surface area contributed by atoms with Gasteiger partial charge in [-0.2, -0.15) is 0 Å². The lowest BCUT2D eigenvalue weighted by atomic mass is 9.84. The Morgan fingerprint density at radius 1 is 0.828 bits per heavy atom. The minimum Gasteiger partial charge on any atom is -0.463 e. The van der Waals surface area contributed by atoms with Crippen molar-refractivity contribution in [2.45, 2.75) is 18.1 Å². The number of ether oxygens (including phenoxy) is 1. The summed E-state index contributed by atoms with van der Waals surface area (Å²) in [7, 11) is 0. The zero-order valence-corrected chi connectivity index (χ0v) is 17.5. The maximum absolute atomic E-state index is 11.6. The van der Waals surface area contributed by atoms with Crippen LogP contribution in [0.4, 0.5) is 0 Å². The first kappa shape index (κ1) is 20.9. The molecule has 0 saturated carbocycles. The largest absolute Gasteiger partial charge is 0.463 e. The van der Waals surface area contributed by atoms with E-state index in [4.69, 9.17) is 4.74 Å². The van der Waals surface area contributed by atoms with Gasteiger partial charge in [0.2, 0.25) is 0 Å². The molecule has 3 aromatic carbocycles. The highest BCUT2D eigenvalue weighted by Crippen LogP contribution is 2.48. The summed E-state index contributed by atoms with van der Waals surface area (Å²) < 4.78 is 4.65. The van der Waals surface area contributed by atoms with E-state index in [0.717, 1.165) is 12.2 Å². The van der Waals surface area contributed by atoms with Crippen molar-refractivity contribution in [2.24, 2.45) is 0 Å². The van der Waals surface area contributed by atoms with Gasteiger partial charge < -0.3 is 4.74 Å². The lowest BCUT2D eigenvalue weighted by molar-refractivity contribution is -0.137. The van der Waals surface area contributed by atoms with Crippen LogP contribution in [0.3, 0.4) is 0 Å². The van der Waals surface area contributed by atoms with E-state index in [1.54, 1.807) is 0 Å². The second-order valence-corrected chi connectivity index (χ2v) is 7.88. The van der Waals surface area contributed by atoms with Crippen LogP contribution in [0.2, 0.25) is 0 Å². The smallest absolute Gasteiger partial charge is 0.330 e. The van der Waals surface area contributed by atoms with Crippen molar-refractivity contribution in [3.8, 4) is 0 Å². The van der Waals surface area contributed by atoms with Crippen LogP contribution in [-0.2, 0) is 14.3 Å². The van der Waals surface area contributed by atoms with Gasteiger partial charge in [0, 0.05) is 6.08 Å². The average Bonchev–Trinajstić information content (AvgIpc) is 2.78. The van der Waals surface area contributed by atoms with Crippen LogP contribution in [0.5, 0.6) is 0 Å². The van der Waals surface area contributed by atoms with Gasteiger partial charge in [0.15, 0.2) is 0 Å². The molecule has 0 amide bonds. The molecule has 0 aromatic heterocycles. The van der Waals surface area contributed by atoms with E-state index in [1.807, 2.05) is 24.8 Å². The Hall–Kier alpha value is -2.78. The molecule has 3 heteroatoms. The number of rotatable bonds is 9. The highest BCUT2D eigenvalue weighted by atomic mass is 32.2. The van der Waals surface area contributed by atoms with Crippen LogP contribution in [0.15, 0.2) is 103 Å². The van der Waals surface area contributed by atoms with Crippen LogP contribution in [0, 0.1) is 0 Å². The third-order valence-electron chi connectivity index (χ3n) is 4.68. The number of thioether (sulfide) groups is 1. The maximum atomic E-state index is 11.6. The molecule has 0 saturated heterocycles. The Bertz CT molecular complexity index is 809. The predicted octanol–water partition coefficient (Wildman–Crippen LogP) is 6.22. The predicted molar refractivity (Wildman–Crippen MR) is 122 cm³/mol. The van der Waals surface area contributed by atoms with Gasteiger partial charge in [0.1, 0.15) is 0 Å². The van der Waals surface area contributed by atoms with Crippen LogP contribution in [0.25, 0.3) is 0 Å². The first-order chi connectivity index (χ1) is 14.3. The van der Waals surface area contributed by atoms with E-state index in [1.165, 1.54) is 22.8 Å². The minimum atomic E-state index is -0.318. The second-order valence-electron chi connectivity index (χ2n) is 6.57. The normalized spacial score (nSPS) is 11.5. The van der Waals surface area contributed by atoms with Crippen LogP contribution < -0.4 is 0 Å². The zero-order chi connectivity index (χ0) is 20.4. The summed E-state index contributed by atoms with van der Waals surface area (Å²) in [4.78, 5) is 11.6. The molecule has 0 bridgehead atoms. The van der Waals surface area contributed by atoms with Crippen molar-refractivity contribution in [1.29, 1.82) is 0 Å². The van der Waals surface area contributed by atoms with Crippen molar-refractivity contribution < 1.29 is 9.53 Å². The summed E-state index contributed by atoms with van der Waals surface area (Å²) in [5.74, 6) is 0.590. The molecule has 0 spiro atoms. The van der Waals surface area contributed by atoms with Gasteiger partial charge in [-0.1, -0.05) is 97.1 Å². The summed E-state index contributed by atoms with van der Waals surface area (Å²) in [6.07, 6.45) is 4.22. The fourth-order valence-corrected chi connectivity index (χ4v) is 4.89. The molecular weight excluding hydrogens is 376 g/mol. The Balaban J connectivity index is 1.96. The van der Waals surface area contributed by atoms with E-state index in [9.17, 15) is 4.79 Å². The summed E-state index contributed by atoms with van der Waals surface area (Å²) in [6, 6.07) is 31.9. The molecule has 2 nitrogen and oxygen atoms in total. The van der Waals surface area contributed by atoms with E-state index >= 15 is 0 Å². The standard InChI is InChI=1S/C26H26O2S/c1-2-28-25(27)20-12-13-21-29-26(22-14-6-3-7-15-22,23-16-8-4-9-17-23)24-18-10-5-11-19-24/h3-12,14-20H,2,13,21H2,1H3/b20-12-. The summed E-state index contributed by atoms with van der Waals surface area (Å²) in [6.45, 7) is 2.21. The Kier molecular flexibility index (Phi) is 7.71. The lowest BCUT2D eigenvalue weighted by Gasteiger charge is -2.35. The molecule has 0 aliphatic carbocycles. The second kappa shape index (κ2) is 10.7. The molecule has 3 aromatic rings. The number of hydrogen-bond donors (Lipinski definition) is 0. The lowest BCUT2D eigenvalue weighted by Crippen LogP contribution is -2.26. The molecule has 0 atom stereocenters. The minimum absolute atomic E-state index is 0.280. The van der Waals surface area contributed by atoms with E-state index in [-0.39, 0.29) is 10.7 Å². The fraction of sp³-hybridized carbons (Fsp3) is 0.192. The van der Waals surface area contributed by atoms with Gasteiger partial charge in [0.05, 0.1) is 11.4 Å². The zero-order valence-electron chi connectivity index (χ0n) is 16.7. The van der Waals surface area contributed by atoms with E-state index in [2.05, 4.69) is 91.0 Å². The van der Waals surface area contributed by atoms with E-state index < -0.39 is 0 Å². The van der Waals surface area contributed by atoms with Gasteiger partial charge in [-0.3, -0.25) is 0 Å². The van der Waals surface area contributed by atoms with Crippen LogP contribution in [-0.4, -0.2) is 18.3 Å². The van der Waals surface area contributed by atoms with Crippen molar-refractivity contribution in [1.82, 2.24) is 0 Å². The molecule has 29 heavy (non-hydrogen) atoms. The number of carbonyl (C=O) groups excluding carboxylic acids is 1. The summed E-state index contributed by atoms with van der Waals surface area (Å²) in [5.41, 5.74) is 3.74. The molecule has 148 valence electrons. The van der Waals surface area contributed by atoms with Gasteiger partial charge in [0.25, 0.3) is 0 Å². The number of carbonyl (C=O) groups is 1. The first-order valence-electron chi connectivity index (χ1n) is 9.91. The Labute approximate surface area is 177 Å². The van der Waals surface area contributed by atoms with Crippen LogP contribution >= 0.6 is 11.8 Å². The van der Waals surface area contributed by atoms with Crippen molar-refractivity contribution >= 4 is 17.7 Å². The quantitative estimate of drug-likeness (QED) is 0.184. The van der Waals surface area contributed by atoms with Gasteiger partial charge >= 0.3 is 5.97 Å².